The third-order valence-corrected chi connectivity index (χ3v) is 5.01. The van der Waals surface area contributed by atoms with Crippen LogP contribution in [0.5, 0.6) is 0 Å². The maximum atomic E-state index is 11.8. The second kappa shape index (κ2) is 7.67. The molecule has 0 aliphatic heterocycles. The number of carbonyl (C=O) groups excluding carboxylic acids is 1. The molecule has 2 aliphatic carbocycles. The van der Waals surface area contributed by atoms with Gasteiger partial charge in [-0.2, -0.15) is 0 Å². The number of rotatable bonds is 4. The quantitative estimate of drug-likeness (QED) is 0.825. The molecule has 4 heteroatoms. The fourth-order valence-electron chi connectivity index (χ4n) is 3.88. The van der Waals surface area contributed by atoms with E-state index in [0.717, 1.165) is 25.2 Å². The molecule has 0 bridgehead atoms. The molecule has 4 nitrogen and oxygen atoms in total. The summed E-state index contributed by atoms with van der Waals surface area (Å²) in [6, 6.07) is 1.40. The summed E-state index contributed by atoms with van der Waals surface area (Å²) in [7, 11) is 0. The summed E-state index contributed by atoms with van der Waals surface area (Å²) in [4.78, 5) is 11.8. The van der Waals surface area contributed by atoms with Crippen LogP contribution in [-0.4, -0.2) is 29.8 Å². The number of nitrogens with one attached hydrogen (secondary N) is 2. The van der Waals surface area contributed by atoms with Gasteiger partial charge >= 0.3 is 6.09 Å². The van der Waals surface area contributed by atoms with E-state index in [4.69, 9.17) is 4.74 Å². The Labute approximate surface area is 135 Å². The third-order valence-electron chi connectivity index (χ3n) is 5.01. The first-order chi connectivity index (χ1) is 10.3. The Hall–Kier alpha value is -0.770. The molecule has 0 saturated heterocycles. The van der Waals surface area contributed by atoms with Gasteiger partial charge in [-0.15, -0.1) is 0 Å². The van der Waals surface area contributed by atoms with E-state index in [9.17, 15) is 4.79 Å². The number of alkyl carbamates (subject to hydrolysis) is 1. The Morgan fingerprint density at radius 1 is 1.05 bits per heavy atom. The lowest BCUT2D eigenvalue weighted by molar-refractivity contribution is 0.0505. The Bertz CT molecular complexity index is 359. The van der Waals surface area contributed by atoms with Gasteiger partial charge in [-0.05, 0) is 65.7 Å². The van der Waals surface area contributed by atoms with Crippen molar-refractivity contribution >= 4 is 6.09 Å². The lowest BCUT2D eigenvalue weighted by Crippen LogP contribution is -2.42. The highest BCUT2D eigenvalue weighted by atomic mass is 16.6. The molecule has 2 saturated carbocycles. The summed E-state index contributed by atoms with van der Waals surface area (Å²) in [6.07, 6.45) is 9.89. The monoisotopic (exact) mass is 310 g/mol. The van der Waals surface area contributed by atoms with Gasteiger partial charge in [0.1, 0.15) is 5.60 Å². The van der Waals surface area contributed by atoms with Crippen LogP contribution < -0.4 is 10.6 Å². The number of ether oxygens (including phenoxy) is 1. The minimum absolute atomic E-state index is 0.255. The molecule has 0 spiro atoms. The van der Waals surface area contributed by atoms with Gasteiger partial charge in [-0.1, -0.05) is 19.3 Å². The first-order valence-corrected chi connectivity index (χ1v) is 9.09. The lowest BCUT2D eigenvalue weighted by atomic mass is 9.84. The highest BCUT2D eigenvalue weighted by Crippen LogP contribution is 2.28. The first-order valence-electron chi connectivity index (χ1n) is 9.09. The SMILES string of the molecule is C[C@@H](NC1CCC(NC(=O)OC(C)(C)C)C1)C1CCCCC1. The maximum absolute atomic E-state index is 11.8. The molecule has 2 unspecified atom stereocenters. The van der Waals surface area contributed by atoms with Crippen molar-refractivity contribution in [2.24, 2.45) is 5.92 Å². The molecule has 3 atom stereocenters. The van der Waals surface area contributed by atoms with Crippen molar-refractivity contribution in [2.75, 3.05) is 0 Å². The van der Waals surface area contributed by atoms with E-state index >= 15 is 0 Å². The van der Waals surface area contributed by atoms with E-state index in [1.165, 1.54) is 32.1 Å². The number of amides is 1. The van der Waals surface area contributed by atoms with Gasteiger partial charge in [0.05, 0.1) is 0 Å². The van der Waals surface area contributed by atoms with Crippen LogP contribution in [0.15, 0.2) is 0 Å². The summed E-state index contributed by atoms with van der Waals surface area (Å²) in [5.74, 6) is 0.839. The molecule has 0 aromatic heterocycles. The summed E-state index contributed by atoms with van der Waals surface area (Å²) in [5, 5.41) is 6.82. The van der Waals surface area contributed by atoms with Crippen molar-refractivity contribution < 1.29 is 9.53 Å². The summed E-state index contributed by atoms with van der Waals surface area (Å²) < 4.78 is 5.34. The highest BCUT2D eigenvalue weighted by molar-refractivity contribution is 5.68. The standard InChI is InChI=1S/C18H34N2O2/c1-13(14-8-6-5-7-9-14)19-15-10-11-16(12-15)20-17(21)22-18(2,3)4/h13-16,19H,5-12H2,1-4H3,(H,20,21)/t13-,15?,16?/m1/s1. The average Bonchev–Trinajstić information content (AvgIpc) is 2.84. The Morgan fingerprint density at radius 2 is 1.68 bits per heavy atom. The fourth-order valence-corrected chi connectivity index (χ4v) is 3.88. The van der Waals surface area contributed by atoms with Crippen LogP contribution >= 0.6 is 0 Å². The van der Waals surface area contributed by atoms with Crippen molar-refractivity contribution in [1.29, 1.82) is 0 Å². The van der Waals surface area contributed by atoms with Crippen LogP contribution in [-0.2, 0) is 4.74 Å². The van der Waals surface area contributed by atoms with Crippen molar-refractivity contribution in [3.05, 3.63) is 0 Å². The molecule has 2 rings (SSSR count). The Balaban J connectivity index is 1.69. The molecule has 2 aliphatic rings. The van der Waals surface area contributed by atoms with E-state index in [1.54, 1.807) is 0 Å². The topological polar surface area (TPSA) is 50.4 Å². The van der Waals surface area contributed by atoms with Gasteiger partial charge in [0.2, 0.25) is 0 Å². The van der Waals surface area contributed by atoms with Crippen molar-refractivity contribution in [1.82, 2.24) is 10.6 Å². The molecular formula is C18H34N2O2. The van der Waals surface area contributed by atoms with Crippen LogP contribution in [0.2, 0.25) is 0 Å². The average molecular weight is 310 g/mol. The predicted molar refractivity (Wildman–Crippen MR) is 90.0 cm³/mol. The summed E-state index contributed by atoms with van der Waals surface area (Å²) in [5.41, 5.74) is -0.421. The van der Waals surface area contributed by atoms with E-state index in [0.29, 0.717) is 12.1 Å². The van der Waals surface area contributed by atoms with Gasteiger partial charge in [0.25, 0.3) is 0 Å². The second-order valence-corrected chi connectivity index (χ2v) is 8.21. The van der Waals surface area contributed by atoms with Crippen molar-refractivity contribution in [3.8, 4) is 0 Å². The van der Waals surface area contributed by atoms with Gasteiger partial charge < -0.3 is 15.4 Å². The molecule has 22 heavy (non-hydrogen) atoms. The van der Waals surface area contributed by atoms with E-state index in [1.807, 2.05) is 20.8 Å². The van der Waals surface area contributed by atoms with Crippen molar-refractivity contribution in [2.45, 2.75) is 103 Å². The maximum Gasteiger partial charge on any atom is 0.407 e. The zero-order valence-electron chi connectivity index (χ0n) is 14.8. The minimum Gasteiger partial charge on any atom is -0.444 e. The molecule has 0 radical (unpaired) electrons. The van der Waals surface area contributed by atoms with Gasteiger partial charge in [-0.3, -0.25) is 0 Å². The third kappa shape index (κ3) is 5.79. The van der Waals surface area contributed by atoms with Crippen LogP contribution in [0.25, 0.3) is 0 Å². The Morgan fingerprint density at radius 3 is 2.32 bits per heavy atom. The normalized spacial score (nSPS) is 28.4. The molecule has 1 amide bonds. The van der Waals surface area contributed by atoms with Crippen LogP contribution in [0.3, 0.4) is 0 Å². The molecule has 2 fully saturated rings. The molecule has 0 heterocycles. The predicted octanol–water partition coefficient (Wildman–Crippen LogP) is 3.99. The zero-order chi connectivity index (χ0) is 16.2. The molecule has 0 aromatic carbocycles. The highest BCUT2D eigenvalue weighted by Gasteiger charge is 2.30. The minimum atomic E-state index is -0.421. The summed E-state index contributed by atoms with van der Waals surface area (Å²) in [6.45, 7) is 8.04. The van der Waals surface area contributed by atoms with Crippen molar-refractivity contribution in [3.63, 3.8) is 0 Å². The molecule has 128 valence electrons. The summed E-state index contributed by atoms with van der Waals surface area (Å²) >= 11 is 0. The second-order valence-electron chi connectivity index (χ2n) is 8.21. The Kier molecular flexibility index (Phi) is 6.13. The van der Waals surface area contributed by atoms with Crippen LogP contribution in [0.4, 0.5) is 4.79 Å². The first kappa shape index (κ1) is 17.6. The smallest absolute Gasteiger partial charge is 0.407 e. The lowest BCUT2D eigenvalue weighted by Gasteiger charge is -2.30. The molecular weight excluding hydrogens is 276 g/mol. The van der Waals surface area contributed by atoms with Gasteiger partial charge in [0.15, 0.2) is 0 Å². The van der Waals surface area contributed by atoms with Gasteiger partial charge in [0, 0.05) is 18.1 Å². The van der Waals surface area contributed by atoms with E-state index in [-0.39, 0.29) is 12.1 Å². The van der Waals surface area contributed by atoms with Crippen LogP contribution in [0.1, 0.15) is 79.1 Å². The number of hydrogen-bond donors (Lipinski definition) is 2. The zero-order valence-corrected chi connectivity index (χ0v) is 14.8. The number of carbonyl (C=O) groups is 1. The van der Waals surface area contributed by atoms with E-state index in [2.05, 4.69) is 17.6 Å². The van der Waals surface area contributed by atoms with E-state index < -0.39 is 5.60 Å². The number of hydrogen-bond acceptors (Lipinski definition) is 3. The fraction of sp³-hybridized carbons (Fsp3) is 0.944. The molecule has 2 N–H and O–H groups in total. The largest absolute Gasteiger partial charge is 0.444 e. The molecule has 0 aromatic rings. The van der Waals surface area contributed by atoms with Crippen LogP contribution in [0, 0.1) is 5.92 Å². The van der Waals surface area contributed by atoms with Gasteiger partial charge in [-0.25, -0.2) is 4.79 Å².